The lowest BCUT2D eigenvalue weighted by molar-refractivity contribution is 0.303. The second-order valence-corrected chi connectivity index (χ2v) is 3.26. The van der Waals surface area contributed by atoms with E-state index < -0.39 is 6.17 Å². The first-order valence-corrected chi connectivity index (χ1v) is 3.43. The van der Waals surface area contributed by atoms with Crippen molar-refractivity contribution >= 4 is 0 Å². The zero-order chi connectivity index (χ0) is 5.72. The molecular formula is C7H11F. The second kappa shape index (κ2) is 1.26. The van der Waals surface area contributed by atoms with Gasteiger partial charge in [0.15, 0.2) is 0 Å². The maximum atomic E-state index is 12.4. The summed E-state index contributed by atoms with van der Waals surface area (Å²) in [4.78, 5) is 0. The number of fused-ring (bicyclic) bond motifs is 1. The first kappa shape index (κ1) is 4.78. The zero-order valence-electron chi connectivity index (χ0n) is 5.10. The lowest BCUT2D eigenvalue weighted by Gasteiger charge is -1.98. The highest BCUT2D eigenvalue weighted by Gasteiger charge is 2.53. The topological polar surface area (TPSA) is 0 Å². The summed E-state index contributed by atoms with van der Waals surface area (Å²) < 4.78 is 12.4. The molecule has 0 amide bonds. The van der Waals surface area contributed by atoms with E-state index in [9.17, 15) is 4.39 Å². The normalized spacial score (nSPS) is 60.8. The Kier molecular flexibility index (Phi) is 0.750. The van der Waals surface area contributed by atoms with E-state index in [1.165, 1.54) is 0 Å². The molecule has 0 nitrogen and oxygen atoms in total. The van der Waals surface area contributed by atoms with Crippen LogP contribution in [0.3, 0.4) is 0 Å². The van der Waals surface area contributed by atoms with Crippen molar-refractivity contribution in [2.45, 2.75) is 25.9 Å². The molecule has 0 aliphatic heterocycles. The molecule has 2 saturated carbocycles. The Bertz CT molecular complexity index is 99.0. The third-order valence-corrected chi connectivity index (χ3v) is 2.82. The molecule has 2 fully saturated rings. The van der Waals surface area contributed by atoms with E-state index in [1.54, 1.807) is 0 Å². The van der Waals surface area contributed by atoms with Gasteiger partial charge in [-0.25, -0.2) is 4.39 Å². The predicted molar refractivity (Wildman–Crippen MR) is 30.3 cm³/mol. The lowest BCUT2D eigenvalue weighted by Crippen LogP contribution is -1.96. The summed E-state index contributed by atoms with van der Waals surface area (Å²) in [7, 11) is 0. The fourth-order valence-corrected chi connectivity index (χ4v) is 2.10. The monoisotopic (exact) mass is 114 g/mol. The van der Waals surface area contributed by atoms with Gasteiger partial charge in [-0.2, -0.15) is 0 Å². The molecule has 0 heterocycles. The van der Waals surface area contributed by atoms with Crippen LogP contribution in [0.4, 0.5) is 4.39 Å². The Morgan fingerprint density at radius 3 is 2.12 bits per heavy atom. The summed E-state index contributed by atoms with van der Waals surface area (Å²) in [5.41, 5.74) is 0. The summed E-state index contributed by atoms with van der Waals surface area (Å²) in [5.74, 6) is 2.43. The number of hydrogen-bond acceptors (Lipinski definition) is 0. The van der Waals surface area contributed by atoms with Crippen molar-refractivity contribution in [2.75, 3.05) is 0 Å². The lowest BCUT2D eigenvalue weighted by atomic mass is 10.1. The van der Waals surface area contributed by atoms with Crippen LogP contribution in [0.15, 0.2) is 0 Å². The van der Waals surface area contributed by atoms with Gasteiger partial charge in [-0.15, -0.1) is 0 Å². The van der Waals surface area contributed by atoms with Gasteiger partial charge in [-0.05, 0) is 30.6 Å². The number of halogens is 1. The minimum Gasteiger partial charge on any atom is -0.247 e. The highest BCUT2D eigenvalue weighted by molar-refractivity contribution is 5.01. The van der Waals surface area contributed by atoms with Gasteiger partial charge in [-0.3, -0.25) is 0 Å². The van der Waals surface area contributed by atoms with Crippen molar-refractivity contribution in [1.29, 1.82) is 0 Å². The SMILES string of the molecule is CC1C2CC(F)CC12. The van der Waals surface area contributed by atoms with Crippen molar-refractivity contribution in [1.82, 2.24) is 0 Å². The smallest absolute Gasteiger partial charge is 0.101 e. The van der Waals surface area contributed by atoms with E-state index in [1.807, 2.05) is 0 Å². The fourth-order valence-electron chi connectivity index (χ4n) is 2.10. The van der Waals surface area contributed by atoms with Gasteiger partial charge in [0.25, 0.3) is 0 Å². The molecule has 0 N–H and O–H groups in total. The van der Waals surface area contributed by atoms with E-state index in [4.69, 9.17) is 0 Å². The predicted octanol–water partition coefficient (Wildman–Crippen LogP) is 2.00. The zero-order valence-corrected chi connectivity index (χ0v) is 5.10. The van der Waals surface area contributed by atoms with Gasteiger partial charge in [0.2, 0.25) is 0 Å². The van der Waals surface area contributed by atoms with Crippen LogP contribution in [0, 0.1) is 17.8 Å². The van der Waals surface area contributed by atoms with Crippen LogP contribution in [-0.2, 0) is 0 Å². The Morgan fingerprint density at radius 1 is 1.25 bits per heavy atom. The molecule has 0 aromatic heterocycles. The van der Waals surface area contributed by atoms with Gasteiger partial charge in [-0.1, -0.05) is 6.92 Å². The van der Waals surface area contributed by atoms with E-state index in [2.05, 4.69) is 6.92 Å². The van der Waals surface area contributed by atoms with Crippen molar-refractivity contribution in [3.05, 3.63) is 0 Å². The molecule has 0 saturated heterocycles. The van der Waals surface area contributed by atoms with E-state index in [0.29, 0.717) is 0 Å². The quantitative estimate of drug-likeness (QED) is 0.452. The van der Waals surface area contributed by atoms with Gasteiger partial charge >= 0.3 is 0 Å². The van der Waals surface area contributed by atoms with Gasteiger partial charge < -0.3 is 0 Å². The second-order valence-electron chi connectivity index (χ2n) is 3.26. The molecule has 0 spiro atoms. The molecule has 46 valence electrons. The van der Waals surface area contributed by atoms with E-state index in [-0.39, 0.29) is 0 Å². The summed E-state index contributed by atoms with van der Waals surface area (Å²) in [6.45, 7) is 2.24. The minimum atomic E-state index is -0.443. The molecule has 2 rings (SSSR count). The molecule has 1 heteroatoms. The molecule has 0 aromatic carbocycles. The van der Waals surface area contributed by atoms with Crippen molar-refractivity contribution in [3.63, 3.8) is 0 Å². The Morgan fingerprint density at radius 2 is 1.75 bits per heavy atom. The van der Waals surface area contributed by atoms with Crippen molar-refractivity contribution < 1.29 is 4.39 Å². The van der Waals surface area contributed by atoms with Crippen LogP contribution >= 0.6 is 0 Å². The van der Waals surface area contributed by atoms with Gasteiger partial charge in [0.1, 0.15) is 6.17 Å². The number of hydrogen-bond donors (Lipinski definition) is 0. The summed E-state index contributed by atoms with van der Waals surface area (Å²) in [6.07, 6.45) is 1.29. The highest BCUT2D eigenvalue weighted by Crippen LogP contribution is 2.57. The Balaban J connectivity index is 2.00. The molecule has 2 unspecified atom stereocenters. The fraction of sp³-hybridized carbons (Fsp3) is 1.00. The third kappa shape index (κ3) is 0.448. The Labute approximate surface area is 49.1 Å². The van der Waals surface area contributed by atoms with Crippen LogP contribution in [0.2, 0.25) is 0 Å². The standard InChI is InChI=1S/C7H11F/c1-4-6-2-5(8)3-7(4)6/h4-7H,2-3H2,1H3. The molecule has 8 heavy (non-hydrogen) atoms. The Hall–Kier alpha value is -0.0700. The van der Waals surface area contributed by atoms with Crippen molar-refractivity contribution in [3.8, 4) is 0 Å². The largest absolute Gasteiger partial charge is 0.247 e. The van der Waals surface area contributed by atoms with Crippen LogP contribution in [0.1, 0.15) is 19.8 Å². The molecule has 2 aliphatic rings. The molecule has 2 aliphatic carbocycles. The first-order chi connectivity index (χ1) is 3.79. The van der Waals surface area contributed by atoms with Crippen LogP contribution in [0.25, 0.3) is 0 Å². The average Bonchev–Trinajstić information content (AvgIpc) is 2.29. The molecule has 0 bridgehead atoms. The van der Waals surface area contributed by atoms with Crippen LogP contribution < -0.4 is 0 Å². The highest BCUT2D eigenvalue weighted by atomic mass is 19.1. The van der Waals surface area contributed by atoms with Gasteiger partial charge in [0.05, 0.1) is 0 Å². The maximum absolute atomic E-state index is 12.4. The van der Waals surface area contributed by atoms with Crippen molar-refractivity contribution in [2.24, 2.45) is 17.8 Å². The minimum absolute atomic E-state index is 0.443. The summed E-state index contributed by atoms with van der Waals surface area (Å²) >= 11 is 0. The maximum Gasteiger partial charge on any atom is 0.101 e. The summed E-state index contributed by atoms with van der Waals surface area (Å²) in [6, 6.07) is 0. The summed E-state index contributed by atoms with van der Waals surface area (Å²) in [5, 5.41) is 0. The first-order valence-electron chi connectivity index (χ1n) is 3.43. The number of alkyl halides is 1. The van der Waals surface area contributed by atoms with E-state index >= 15 is 0 Å². The van der Waals surface area contributed by atoms with Crippen LogP contribution in [0.5, 0.6) is 0 Å². The molecular weight excluding hydrogens is 103 g/mol. The molecule has 2 atom stereocenters. The number of rotatable bonds is 0. The van der Waals surface area contributed by atoms with Crippen LogP contribution in [-0.4, -0.2) is 6.17 Å². The van der Waals surface area contributed by atoms with Gasteiger partial charge in [0, 0.05) is 0 Å². The molecule has 0 aromatic rings. The molecule has 0 radical (unpaired) electrons. The average molecular weight is 114 g/mol. The van der Waals surface area contributed by atoms with E-state index in [0.717, 1.165) is 30.6 Å². The third-order valence-electron chi connectivity index (χ3n) is 2.82.